The highest BCUT2D eigenvalue weighted by Crippen LogP contribution is 2.38. The first kappa shape index (κ1) is 14.1. The Bertz CT molecular complexity index is 579. The summed E-state index contributed by atoms with van der Waals surface area (Å²) in [5.41, 5.74) is 6.96. The van der Waals surface area contributed by atoms with Crippen molar-refractivity contribution >= 4 is 0 Å². The molecule has 2 atom stereocenters. The van der Waals surface area contributed by atoms with Crippen molar-refractivity contribution in [3.05, 3.63) is 41.5 Å². The molecule has 112 valence electrons. The lowest BCUT2D eigenvalue weighted by Crippen LogP contribution is -2.17. The number of nitrogens with zero attached hydrogens (tertiary/aromatic N) is 2. The van der Waals surface area contributed by atoms with Crippen LogP contribution in [-0.4, -0.2) is 23.8 Å². The van der Waals surface area contributed by atoms with Gasteiger partial charge in [-0.25, -0.2) is 0 Å². The first-order valence-electron chi connectivity index (χ1n) is 7.45. The molecule has 0 saturated heterocycles. The van der Waals surface area contributed by atoms with Gasteiger partial charge in [-0.05, 0) is 43.0 Å². The second kappa shape index (κ2) is 6.26. The third-order valence-electron chi connectivity index (χ3n) is 4.28. The molecule has 5 nitrogen and oxygen atoms in total. The fourth-order valence-corrected chi connectivity index (χ4v) is 3.06. The van der Waals surface area contributed by atoms with Crippen LogP contribution in [0.3, 0.4) is 0 Å². The fraction of sp³-hybridized carbons (Fsp3) is 0.500. The number of rotatable bonds is 5. The van der Waals surface area contributed by atoms with Crippen molar-refractivity contribution < 1.29 is 9.26 Å². The molecule has 0 radical (unpaired) electrons. The summed E-state index contributed by atoms with van der Waals surface area (Å²) >= 11 is 0. The van der Waals surface area contributed by atoms with Gasteiger partial charge in [0.2, 0.25) is 5.89 Å². The Morgan fingerprint density at radius 1 is 1.29 bits per heavy atom. The van der Waals surface area contributed by atoms with Crippen LogP contribution in [0.2, 0.25) is 0 Å². The quantitative estimate of drug-likeness (QED) is 0.914. The van der Waals surface area contributed by atoms with Gasteiger partial charge in [0.1, 0.15) is 5.75 Å². The van der Waals surface area contributed by atoms with Gasteiger partial charge in [-0.3, -0.25) is 0 Å². The Morgan fingerprint density at radius 3 is 2.81 bits per heavy atom. The molecule has 1 aromatic heterocycles. The maximum atomic E-state index is 5.82. The van der Waals surface area contributed by atoms with Crippen LogP contribution in [0.15, 0.2) is 28.8 Å². The van der Waals surface area contributed by atoms with Crippen molar-refractivity contribution in [3.8, 4) is 5.75 Å². The van der Waals surface area contributed by atoms with Crippen LogP contribution in [0.5, 0.6) is 5.75 Å². The molecule has 2 N–H and O–H groups in total. The first-order valence-corrected chi connectivity index (χ1v) is 7.45. The molecule has 1 aliphatic rings. The van der Waals surface area contributed by atoms with Gasteiger partial charge in [-0.1, -0.05) is 23.7 Å². The van der Waals surface area contributed by atoms with E-state index in [-0.39, 0.29) is 0 Å². The van der Waals surface area contributed by atoms with Crippen LogP contribution >= 0.6 is 0 Å². The molecule has 2 aromatic rings. The highest BCUT2D eigenvalue weighted by Gasteiger charge is 2.31. The van der Waals surface area contributed by atoms with E-state index in [1.165, 1.54) is 6.42 Å². The normalized spacial score (nSPS) is 21.6. The second-order valence-corrected chi connectivity index (χ2v) is 5.61. The smallest absolute Gasteiger partial charge is 0.230 e. The molecule has 5 heteroatoms. The van der Waals surface area contributed by atoms with Crippen molar-refractivity contribution in [3.63, 3.8) is 0 Å². The van der Waals surface area contributed by atoms with Crippen molar-refractivity contribution in [2.75, 3.05) is 13.7 Å². The third-order valence-corrected chi connectivity index (χ3v) is 4.28. The Balaban J connectivity index is 1.69. The summed E-state index contributed by atoms with van der Waals surface area (Å²) in [6, 6.07) is 7.93. The average Bonchev–Trinajstić information content (AvgIpc) is 3.16. The summed E-state index contributed by atoms with van der Waals surface area (Å²) in [4.78, 5) is 4.56. The fourth-order valence-electron chi connectivity index (χ4n) is 3.06. The number of aromatic nitrogens is 2. The van der Waals surface area contributed by atoms with E-state index < -0.39 is 0 Å². The van der Waals surface area contributed by atoms with E-state index in [4.69, 9.17) is 15.0 Å². The third kappa shape index (κ3) is 3.08. The minimum absolute atomic E-state index is 0.340. The topological polar surface area (TPSA) is 74.2 Å². The van der Waals surface area contributed by atoms with Gasteiger partial charge in [-0.2, -0.15) is 4.98 Å². The molecule has 1 aliphatic carbocycles. The van der Waals surface area contributed by atoms with E-state index >= 15 is 0 Å². The molecule has 3 rings (SSSR count). The lowest BCUT2D eigenvalue weighted by molar-refractivity contribution is 0.323. The van der Waals surface area contributed by atoms with Crippen LogP contribution in [0, 0.1) is 5.92 Å². The molecule has 0 spiro atoms. The summed E-state index contributed by atoms with van der Waals surface area (Å²) in [6.45, 7) is 0.695. The summed E-state index contributed by atoms with van der Waals surface area (Å²) in [6.07, 6.45) is 4.14. The van der Waals surface area contributed by atoms with Gasteiger partial charge in [0.25, 0.3) is 0 Å². The van der Waals surface area contributed by atoms with Gasteiger partial charge in [0, 0.05) is 12.3 Å². The van der Waals surface area contributed by atoms with Crippen molar-refractivity contribution in [2.24, 2.45) is 11.7 Å². The summed E-state index contributed by atoms with van der Waals surface area (Å²) in [5, 5.41) is 4.11. The highest BCUT2D eigenvalue weighted by molar-refractivity contribution is 5.28. The number of hydrogen-bond donors (Lipinski definition) is 1. The molecule has 1 fully saturated rings. The summed E-state index contributed by atoms with van der Waals surface area (Å²) in [7, 11) is 1.66. The molecule has 2 unspecified atom stereocenters. The Labute approximate surface area is 124 Å². The minimum atomic E-state index is 0.340. The Morgan fingerprint density at radius 2 is 2.10 bits per heavy atom. The number of ether oxygens (including phenoxy) is 1. The Hall–Kier alpha value is -1.88. The zero-order valence-corrected chi connectivity index (χ0v) is 12.3. The van der Waals surface area contributed by atoms with Crippen molar-refractivity contribution in [1.29, 1.82) is 0 Å². The molecular weight excluding hydrogens is 266 g/mol. The average molecular weight is 287 g/mol. The van der Waals surface area contributed by atoms with Crippen LogP contribution in [0.4, 0.5) is 0 Å². The molecule has 21 heavy (non-hydrogen) atoms. The van der Waals surface area contributed by atoms with Gasteiger partial charge in [0.15, 0.2) is 5.82 Å². The largest absolute Gasteiger partial charge is 0.497 e. The van der Waals surface area contributed by atoms with E-state index in [1.807, 2.05) is 24.3 Å². The molecule has 0 amide bonds. The van der Waals surface area contributed by atoms with E-state index in [2.05, 4.69) is 10.1 Å². The summed E-state index contributed by atoms with van der Waals surface area (Å²) in [5.74, 6) is 3.17. The van der Waals surface area contributed by atoms with Crippen LogP contribution in [0.1, 0.15) is 42.5 Å². The number of nitrogens with two attached hydrogens (primary N) is 1. The zero-order chi connectivity index (χ0) is 14.7. The first-order chi connectivity index (χ1) is 10.3. The molecule has 1 saturated carbocycles. The monoisotopic (exact) mass is 287 g/mol. The number of hydrogen-bond acceptors (Lipinski definition) is 5. The molecule has 0 bridgehead atoms. The predicted molar refractivity (Wildman–Crippen MR) is 79.2 cm³/mol. The van der Waals surface area contributed by atoms with E-state index in [0.717, 1.165) is 35.9 Å². The van der Waals surface area contributed by atoms with Gasteiger partial charge in [0.05, 0.1) is 7.11 Å². The maximum Gasteiger partial charge on any atom is 0.230 e. The minimum Gasteiger partial charge on any atom is -0.497 e. The van der Waals surface area contributed by atoms with E-state index in [1.54, 1.807) is 7.11 Å². The zero-order valence-electron chi connectivity index (χ0n) is 12.3. The van der Waals surface area contributed by atoms with Gasteiger partial charge >= 0.3 is 0 Å². The highest BCUT2D eigenvalue weighted by atomic mass is 16.5. The van der Waals surface area contributed by atoms with E-state index in [9.17, 15) is 0 Å². The molecule has 1 aromatic carbocycles. The van der Waals surface area contributed by atoms with Crippen LogP contribution < -0.4 is 10.5 Å². The van der Waals surface area contributed by atoms with Gasteiger partial charge < -0.3 is 15.0 Å². The predicted octanol–water partition coefficient (Wildman–Crippen LogP) is 2.51. The van der Waals surface area contributed by atoms with Crippen molar-refractivity contribution in [1.82, 2.24) is 10.1 Å². The maximum absolute atomic E-state index is 5.82. The lowest BCUT2D eigenvalue weighted by Gasteiger charge is -2.12. The number of benzene rings is 1. The molecule has 0 aliphatic heterocycles. The second-order valence-electron chi connectivity index (χ2n) is 5.61. The lowest BCUT2D eigenvalue weighted by atomic mass is 9.96. The molecular formula is C16H21N3O2. The SMILES string of the molecule is COc1ccc(Cc2noc(C3CCCC3CN)n2)cc1. The Kier molecular flexibility index (Phi) is 4.20. The van der Waals surface area contributed by atoms with Crippen LogP contribution in [-0.2, 0) is 6.42 Å². The van der Waals surface area contributed by atoms with Gasteiger partial charge in [-0.15, -0.1) is 0 Å². The van der Waals surface area contributed by atoms with Crippen molar-refractivity contribution in [2.45, 2.75) is 31.6 Å². The van der Waals surface area contributed by atoms with Crippen LogP contribution in [0.25, 0.3) is 0 Å². The molecule has 1 heterocycles. The van der Waals surface area contributed by atoms with E-state index in [0.29, 0.717) is 24.8 Å². The number of methoxy groups -OCH3 is 1. The summed E-state index contributed by atoms with van der Waals surface area (Å²) < 4.78 is 10.6. The standard InChI is InChI=1S/C16H21N3O2/c1-20-13-7-5-11(6-8-13)9-15-18-16(21-19-15)14-4-2-3-12(14)10-17/h5-8,12,14H,2-4,9-10,17H2,1H3.